The van der Waals surface area contributed by atoms with Crippen LogP contribution in [0.4, 0.5) is 0 Å². The number of rotatable bonds is 3. The molecule has 4 aromatic carbocycles. The highest BCUT2D eigenvalue weighted by molar-refractivity contribution is 6.09. The van der Waals surface area contributed by atoms with E-state index < -0.39 is 0 Å². The molecule has 0 aliphatic heterocycles. The molecule has 0 amide bonds. The minimum absolute atomic E-state index is 0.400. The molecule has 0 bridgehead atoms. The summed E-state index contributed by atoms with van der Waals surface area (Å²) in [6.07, 6.45) is 2.21. The first-order chi connectivity index (χ1) is 17.2. The highest BCUT2D eigenvalue weighted by Crippen LogP contribution is 2.33. The lowest BCUT2D eigenvalue weighted by Crippen LogP contribution is -1.98. The van der Waals surface area contributed by atoms with E-state index in [4.69, 9.17) is 0 Å². The van der Waals surface area contributed by atoms with Crippen molar-refractivity contribution in [3.8, 4) is 17.1 Å². The van der Waals surface area contributed by atoms with Crippen LogP contribution in [0.25, 0.3) is 55.3 Å². The number of benzene rings is 4. The SMILES string of the molecule is CC(C)c1cn2c(-c3ccc(-n4c5ccccc5c5ccccc54)cc3)nnc2c2ccccc12. The molecule has 0 aliphatic carbocycles. The molecule has 0 N–H and O–H groups in total. The van der Waals surface area contributed by atoms with Crippen LogP contribution in [0.5, 0.6) is 0 Å². The molecule has 3 aromatic heterocycles. The van der Waals surface area contributed by atoms with Crippen molar-refractivity contribution < 1.29 is 0 Å². The Hall–Kier alpha value is -4.44. The number of para-hydroxylation sites is 2. The zero-order valence-electron chi connectivity index (χ0n) is 19.7. The van der Waals surface area contributed by atoms with Crippen molar-refractivity contribution in [1.29, 1.82) is 0 Å². The van der Waals surface area contributed by atoms with Crippen molar-refractivity contribution in [1.82, 2.24) is 19.2 Å². The van der Waals surface area contributed by atoms with Crippen LogP contribution in [-0.2, 0) is 0 Å². The predicted molar refractivity (Wildman–Crippen MR) is 144 cm³/mol. The molecule has 35 heavy (non-hydrogen) atoms. The van der Waals surface area contributed by atoms with E-state index in [1.165, 1.54) is 32.8 Å². The van der Waals surface area contributed by atoms with Crippen molar-refractivity contribution in [3.63, 3.8) is 0 Å². The Balaban J connectivity index is 1.41. The molecule has 0 saturated heterocycles. The molecule has 7 aromatic rings. The average molecular weight is 453 g/mol. The van der Waals surface area contributed by atoms with Crippen LogP contribution in [0.15, 0.2) is 103 Å². The summed E-state index contributed by atoms with van der Waals surface area (Å²) in [5.74, 6) is 1.26. The van der Waals surface area contributed by atoms with Crippen LogP contribution >= 0.6 is 0 Å². The lowest BCUT2D eigenvalue weighted by molar-refractivity contribution is 0.865. The molecule has 0 spiro atoms. The first-order valence-electron chi connectivity index (χ1n) is 12.1. The minimum atomic E-state index is 0.400. The maximum atomic E-state index is 4.61. The van der Waals surface area contributed by atoms with Crippen LogP contribution in [0.1, 0.15) is 25.3 Å². The average Bonchev–Trinajstić information content (AvgIpc) is 3.48. The standard InChI is InChI=1S/C31H24N4/c1-20(2)27-19-34-30(32-33-31(34)26-12-4-3-9-23(26)27)21-15-17-22(18-16-21)35-28-13-7-5-10-24(28)25-11-6-8-14-29(25)35/h3-20H,1-2H3. The van der Waals surface area contributed by atoms with Gasteiger partial charge in [-0.15, -0.1) is 10.2 Å². The Kier molecular flexibility index (Phi) is 4.30. The molecule has 4 nitrogen and oxygen atoms in total. The molecule has 4 heteroatoms. The summed E-state index contributed by atoms with van der Waals surface area (Å²) in [6, 6.07) is 34.3. The van der Waals surface area contributed by atoms with Crippen LogP contribution in [-0.4, -0.2) is 19.2 Å². The number of hydrogen-bond donors (Lipinski definition) is 0. The summed E-state index contributed by atoms with van der Waals surface area (Å²) in [4.78, 5) is 0. The van der Waals surface area contributed by atoms with Gasteiger partial charge in [0.15, 0.2) is 11.5 Å². The quantitative estimate of drug-likeness (QED) is 0.274. The van der Waals surface area contributed by atoms with E-state index in [0.29, 0.717) is 5.92 Å². The smallest absolute Gasteiger partial charge is 0.168 e. The molecule has 7 rings (SSSR count). The first-order valence-corrected chi connectivity index (χ1v) is 12.1. The highest BCUT2D eigenvalue weighted by atomic mass is 15.2. The van der Waals surface area contributed by atoms with Gasteiger partial charge < -0.3 is 4.57 Å². The monoisotopic (exact) mass is 452 g/mol. The van der Waals surface area contributed by atoms with E-state index in [0.717, 1.165) is 28.1 Å². The maximum Gasteiger partial charge on any atom is 0.168 e. The fraction of sp³-hybridized carbons (Fsp3) is 0.0968. The summed E-state index contributed by atoms with van der Waals surface area (Å²) in [7, 11) is 0. The van der Waals surface area contributed by atoms with E-state index in [9.17, 15) is 0 Å². The molecule has 3 heterocycles. The predicted octanol–water partition coefficient (Wildman–Crippen LogP) is 7.77. The number of pyridine rings is 1. The molecule has 168 valence electrons. The fourth-order valence-electron chi connectivity index (χ4n) is 5.35. The van der Waals surface area contributed by atoms with E-state index in [1.54, 1.807) is 0 Å². The van der Waals surface area contributed by atoms with E-state index in [1.807, 2.05) is 0 Å². The number of aromatic nitrogens is 4. The van der Waals surface area contributed by atoms with Gasteiger partial charge >= 0.3 is 0 Å². The van der Waals surface area contributed by atoms with Crippen molar-refractivity contribution in [2.24, 2.45) is 0 Å². The second kappa shape index (κ2) is 7.54. The van der Waals surface area contributed by atoms with Crippen LogP contribution in [0, 0.1) is 0 Å². The van der Waals surface area contributed by atoms with Crippen molar-refractivity contribution >= 4 is 38.2 Å². The lowest BCUT2D eigenvalue weighted by atomic mass is 9.98. The Morgan fingerprint density at radius 2 is 1.17 bits per heavy atom. The highest BCUT2D eigenvalue weighted by Gasteiger charge is 2.16. The second-order valence-electron chi connectivity index (χ2n) is 9.42. The zero-order chi connectivity index (χ0) is 23.5. The van der Waals surface area contributed by atoms with Gasteiger partial charge in [-0.3, -0.25) is 4.40 Å². The van der Waals surface area contributed by atoms with Gasteiger partial charge in [0.2, 0.25) is 0 Å². The lowest BCUT2D eigenvalue weighted by Gasteiger charge is -2.12. The third-order valence-corrected chi connectivity index (χ3v) is 7.03. The molecule has 0 radical (unpaired) electrons. The van der Waals surface area contributed by atoms with Crippen LogP contribution in [0.2, 0.25) is 0 Å². The van der Waals surface area contributed by atoms with E-state index in [2.05, 4.69) is 136 Å². The van der Waals surface area contributed by atoms with Crippen molar-refractivity contribution in [3.05, 3.63) is 109 Å². The fourth-order valence-corrected chi connectivity index (χ4v) is 5.35. The topological polar surface area (TPSA) is 35.1 Å². The second-order valence-corrected chi connectivity index (χ2v) is 9.42. The molecule has 0 fully saturated rings. The minimum Gasteiger partial charge on any atom is -0.309 e. The third-order valence-electron chi connectivity index (χ3n) is 7.03. The molecule has 0 unspecified atom stereocenters. The summed E-state index contributed by atoms with van der Waals surface area (Å²) < 4.78 is 4.48. The van der Waals surface area contributed by atoms with Gasteiger partial charge in [0.05, 0.1) is 11.0 Å². The number of nitrogens with zero attached hydrogens (tertiary/aromatic N) is 4. The van der Waals surface area contributed by atoms with Gasteiger partial charge in [-0.2, -0.15) is 0 Å². The molecular weight excluding hydrogens is 428 g/mol. The Morgan fingerprint density at radius 3 is 1.80 bits per heavy atom. The van der Waals surface area contributed by atoms with Crippen LogP contribution in [0.3, 0.4) is 0 Å². The number of hydrogen-bond acceptors (Lipinski definition) is 2. The Bertz CT molecular complexity index is 1820. The third kappa shape index (κ3) is 2.93. The molecule has 0 atom stereocenters. The molecular formula is C31H24N4. The molecule has 0 aliphatic rings. The Labute approximate surface area is 203 Å². The van der Waals surface area contributed by atoms with E-state index >= 15 is 0 Å². The zero-order valence-corrected chi connectivity index (χ0v) is 19.7. The summed E-state index contributed by atoms with van der Waals surface area (Å²) in [6.45, 7) is 4.47. The summed E-state index contributed by atoms with van der Waals surface area (Å²) in [5.41, 5.74) is 6.80. The van der Waals surface area contributed by atoms with Gasteiger partial charge in [-0.25, -0.2) is 0 Å². The summed E-state index contributed by atoms with van der Waals surface area (Å²) >= 11 is 0. The normalized spacial score (nSPS) is 12.0. The van der Waals surface area contributed by atoms with Gasteiger partial charge in [0.1, 0.15) is 0 Å². The first kappa shape index (κ1) is 20.0. The van der Waals surface area contributed by atoms with Crippen LogP contribution < -0.4 is 0 Å². The van der Waals surface area contributed by atoms with E-state index in [-0.39, 0.29) is 0 Å². The van der Waals surface area contributed by atoms with Gasteiger partial charge in [-0.05, 0) is 53.3 Å². The summed E-state index contributed by atoms with van der Waals surface area (Å²) in [5, 5.41) is 14.1. The van der Waals surface area contributed by atoms with Gasteiger partial charge in [-0.1, -0.05) is 74.5 Å². The van der Waals surface area contributed by atoms with Crippen molar-refractivity contribution in [2.45, 2.75) is 19.8 Å². The maximum absolute atomic E-state index is 4.61. The molecule has 0 saturated carbocycles. The van der Waals surface area contributed by atoms with Gasteiger partial charge in [0.25, 0.3) is 0 Å². The van der Waals surface area contributed by atoms with Crippen molar-refractivity contribution in [2.75, 3.05) is 0 Å². The van der Waals surface area contributed by atoms with Gasteiger partial charge in [0, 0.05) is 33.6 Å². The largest absolute Gasteiger partial charge is 0.309 e. The Morgan fingerprint density at radius 1 is 0.600 bits per heavy atom. The number of fused-ring (bicyclic) bond motifs is 6.